The van der Waals surface area contributed by atoms with E-state index in [9.17, 15) is 0 Å². The molecule has 0 aliphatic carbocycles. The Balaban J connectivity index is 3.38. The van der Waals surface area contributed by atoms with Gasteiger partial charge in [0.15, 0.2) is 0 Å². The van der Waals surface area contributed by atoms with Crippen molar-refractivity contribution in [2.45, 2.75) is 39.7 Å². The molecule has 0 spiro atoms. The minimum Gasteiger partial charge on any atom is -0.329 e. The van der Waals surface area contributed by atoms with Crippen molar-refractivity contribution in [3.05, 3.63) is 0 Å². The van der Waals surface area contributed by atoms with Crippen LogP contribution in [0, 0.1) is 5.92 Å². The van der Waals surface area contributed by atoms with Gasteiger partial charge in [-0.1, -0.05) is 13.8 Å². The molecule has 0 unspecified atom stereocenters. The molecule has 68 valence electrons. The zero-order valence-electron chi connectivity index (χ0n) is 8.28. The van der Waals surface area contributed by atoms with Crippen molar-refractivity contribution < 1.29 is 0 Å². The summed E-state index contributed by atoms with van der Waals surface area (Å²) in [6.45, 7) is 10.5. The van der Waals surface area contributed by atoms with Crippen LogP contribution in [0.2, 0.25) is 0 Å². The smallest absolute Gasteiger partial charge is 0.0247 e. The molecule has 0 aliphatic rings. The maximum Gasteiger partial charge on any atom is 0.0247 e. The van der Waals surface area contributed by atoms with E-state index in [0.717, 1.165) is 12.5 Å². The number of nitrogens with two attached hydrogens (primary N) is 1. The van der Waals surface area contributed by atoms with Crippen LogP contribution in [0.25, 0.3) is 0 Å². The van der Waals surface area contributed by atoms with Crippen molar-refractivity contribution in [1.82, 2.24) is 5.32 Å². The highest BCUT2D eigenvalue weighted by Crippen LogP contribution is 2.01. The van der Waals surface area contributed by atoms with Crippen molar-refractivity contribution >= 4 is 0 Å². The first-order valence-electron chi connectivity index (χ1n) is 4.43. The molecule has 11 heavy (non-hydrogen) atoms. The predicted octanol–water partition coefficient (Wildman–Crippen LogP) is 1.36. The fourth-order valence-electron chi connectivity index (χ4n) is 0.771. The lowest BCUT2D eigenvalue weighted by Crippen LogP contribution is -2.46. The molecule has 0 bridgehead atoms. The first kappa shape index (κ1) is 10.9. The van der Waals surface area contributed by atoms with E-state index in [1.165, 1.54) is 6.42 Å². The third kappa shape index (κ3) is 6.32. The Morgan fingerprint density at radius 3 is 2.27 bits per heavy atom. The normalized spacial score (nSPS) is 12.5. The van der Waals surface area contributed by atoms with E-state index in [1.54, 1.807) is 0 Å². The van der Waals surface area contributed by atoms with Gasteiger partial charge in [0.25, 0.3) is 0 Å². The van der Waals surface area contributed by atoms with Crippen LogP contribution in [0.15, 0.2) is 0 Å². The molecule has 0 amide bonds. The number of rotatable bonds is 5. The van der Waals surface area contributed by atoms with Crippen molar-refractivity contribution in [3.8, 4) is 0 Å². The van der Waals surface area contributed by atoms with Crippen molar-refractivity contribution in [2.75, 3.05) is 13.1 Å². The summed E-state index contributed by atoms with van der Waals surface area (Å²) < 4.78 is 0. The van der Waals surface area contributed by atoms with Crippen LogP contribution in [0.3, 0.4) is 0 Å². The van der Waals surface area contributed by atoms with Gasteiger partial charge in [-0.25, -0.2) is 0 Å². The summed E-state index contributed by atoms with van der Waals surface area (Å²) in [5.41, 5.74) is 5.67. The van der Waals surface area contributed by atoms with Crippen LogP contribution >= 0.6 is 0 Å². The molecular weight excluding hydrogens is 136 g/mol. The quantitative estimate of drug-likeness (QED) is 0.634. The van der Waals surface area contributed by atoms with Crippen molar-refractivity contribution in [2.24, 2.45) is 11.7 Å². The minimum absolute atomic E-state index is 0.106. The fraction of sp³-hybridized carbons (Fsp3) is 1.00. The van der Waals surface area contributed by atoms with Crippen LogP contribution in [-0.4, -0.2) is 18.6 Å². The lowest BCUT2D eigenvalue weighted by molar-refractivity contribution is 0.380. The zero-order chi connectivity index (χ0) is 8.91. The Labute approximate surface area is 70.5 Å². The minimum atomic E-state index is 0.106. The lowest BCUT2D eigenvalue weighted by atomic mass is 10.0. The summed E-state index contributed by atoms with van der Waals surface area (Å²) in [6.07, 6.45) is 1.23. The van der Waals surface area contributed by atoms with Gasteiger partial charge in [0.05, 0.1) is 0 Å². The molecule has 2 heteroatoms. The number of nitrogens with one attached hydrogen (secondary N) is 1. The van der Waals surface area contributed by atoms with Gasteiger partial charge in [-0.15, -0.1) is 0 Å². The summed E-state index contributed by atoms with van der Waals surface area (Å²) in [5.74, 6) is 0.774. The molecule has 0 aromatic carbocycles. The van der Waals surface area contributed by atoms with E-state index in [4.69, 9.17) is 5.73 Å². The molecule has 0 aromatic rings. The molecule has 0 atom stereocenters. The van der Waals surface area contributed by atoms with Crippen molar-refractivity contribution in [3.63, 3.8) is 0 Å². The first-order valence-corrected chi connectivity index (χ1v) is 4.43. The fourth-order valence-corrected chi connectivity index (χ4v) is 0.771. The zero-order valence-corrected chi connectivity index (χ0v) is 8.28. The van der Waals surface area contributed by atoms with Gasteiger partial charge in [-0.05, 0) is 32.7 Å². The van der Waals surface area contributed by atoms with Gasteiger partial charge in [0, 0.05) is 12.1 Å². The summed E-state index contributed by atoms with van der Waals surface area (Å²) in [7, 11) is 0. The second-order valence-electron chi connectivity index (χ2n) is 4.20. The average Bonchev–Trinajstić information content (AvgIpc) is 1.87. The number of hydrogen-bond acceptors (Lipinski definition) is 2. The van der Waals surface area contributed by atoms with Gasteiger partial charge >= 0.3 is 0 Å². The van der Waals surface area contributed by atoms with Crippen molar-refractivity contribution in [1.29, 1.82) is 0 Å². The summed E-state index contributed by atoms with van der Waals surface area (Å²) >= 11 is 0. The molecule has 0 aromatic heterocycles. The van der Waals surface area contributed by atoms with Gasteiger partial charge in [-0.2, -0.15) is 0 Å². The van der Waals surface area contributed by atoms with E-state index in [0.29, 0.717) is 6.54 Å². The molecule has 3 N–H and O–H groups in total. The summed E-state index contributed by atoms with van der Waals surface area (Å²) in [5, 5.41) is 3.42. The largest absolute Gasteiger partial charge is 0.329 e. The van der Waals surface area contributed by atoms with Gasteiger partial charge in [0.1, 0.15) is 0 Å². The third-order valence-corrected chi connectivity index (χ3v) is 1.84. The van der Waals surface area contributed by atoms with Gasteiger partial charge in [0.2, 0.25) is 0 Å². The Bertz CT molecular complexity index is 97.7. The maximum atomic E-state index is 5.56. The number of hydrogen-bond donors (Lipinski definition) is 2. The molecule has 0 rings (SSSR count). The molecule has 0 saturated carbocycles. The second kappa shape index (κ2) is 4.73. The highest BCUT2D eigenvalue weighted by molar-refractivity contribution is 4.77. The molecular formula is C9H22N2. The van der Waals surface area contributed by atoms with Crippen LogP contribution in [0.1, 0.15) is 34.1 Å². The third-order valence-electron chi connectivity index (χ3n) is 1.84. The second-order valence-corrected chi connectivity index (χ2v) is 4.20. The Morgan fingerprint density at radius 1 is 1.36 bits per heavy atom. The Morgan fingerprint density at radius 2 is 1.91 bits per heavy atom. The first-order chi connectivity index (χ1) is 4.98. The van der Waals surface area contributed by atoms with Crippen LogP contribution in [-0.2, 0) is 0 Å². The lowest BCUT2D eigenvalue weighted by Gasteiger charge is -2.24. The monoisotopic (exact) mass is 158 g/mol. The predicted molar refractivity (Wildman–Crippen MR) is 50.6 cm³/mol. The van der Waals surface area contributed by atoms with Gasteiger partial charge in [-0.3, -0.25) is 0 Å². The Hall–Kier alpha value is -0.0800. The summed E-state index contributed by atoms with van der Waals surface area (Å²) in [4.78, 5) is 0. The molecule has 0 radical (unpaired) electrons. The molecule has 0 saturated heterocycles. The van der Waals surface area contributed by atoms with Crippen LogP contribution < -0.4 is 11.1 Å². The summed E-state index contributed by atoms with van der Waals surface area (Å²) in [6, 6.07) is 0. The van der Waals surface area contributed by atoms with E-state index < -0.39 is 0 Å². The molecule has 0 fully saturated rings. The van der Waals surface area contributed by atoms with E-state index >= 15 is 0 Å². The van der Waals surface area contributed by atoms with E-state index in [1.807, 2.05) is 0 Å². The van der Waals surface area contributed by atoms with Crippen LogP contribution in [0.4, 0.5) is 0 Å². The van der Waals surface area contributed by atoms with E-state index in [-0.39, 0.29) is 5.54 Å². The topological polar surface area (TPSA) is 38.0 Å². The molecule has 0 aliphatic heterocycles. The standard InChI is InChI=1S/C9H22N2/c1-8(2)5-6-11-9(3,4)7-10/h8,11H,5-7,10H2,1-4H3. The molecule has 2 nitrogen and oxygen atoms in total. The van der Waals surface area contributed by atoms with E-state index in [2.05, 4.69) is 33.0 Å². The highest BCUT2D eigenvalue weighted by atomic mass is 15.0. The SMILES string of the molecule is CC(C)CCNC(C)(C)CN. The van der Waals surface area contributed by atoms with Crippen LogP contribution in [0.5, 0.6) is 0 Å². The highest BCUT2D eigenvalue weighted by Gasteiger charge is 2.13. The average molecular weight is 158 g/mol. The molecule has 0 heterocycles. The Kier molecular flexibility index (Phi) is 4.69. The maximum absolute atomic E-state index is 5.56. The van der Waals surface area contributed by atoms with Gasteiger partial charge < -0.3 is 11.1 Å².